The van der Waals surface area contributed by atoms with Crippen LogP contribution in [-0.2, 0) is 14.3 Å². The summed E-state index contributed by atoms with van der Waals surface area (Å²) in [6, 6.07) is -1.26. The zero-order chi connectivity index (χ0) is 16.7. The standard InChI is InChI=1S/C14H22N2O6/c1-13(2,3)22-12(21)16-6-4-5-14(16)8-15(11(14)20)9(7-17)10(18)19/h9,17H,4-8H2,1-3H3,(H,18,19)/t9-,14?/m0/s1. The molecule has 0 bridgehead atoms. The molecule has 2 N–H and O–H groups in total. The number of nitrogens with zero attached hydrogens (tertiary/aromatic N) is 2. The average Bonchev–Trinajstić information content (AvgIpc) is 2.83. The number of carbonyl (C=O) groups excluding carboxylic acids is 2. The SMILES string of the molecule is CC(C)(C)OC(=O)N1CCCC12CN([C@@H](CO)C(=O)O)C2=O. The Hall–Kier alpha value is -1.83. The van der Waals surface area contributed by atoms with Crippen LogP contribution >= 0.6 is 0 Å². The number of aliphatic hydroxyl groups is 1. The maximum absolute atomic E-state index is 12.5. The molecular weight excluding hydrogens is 292 g/mol. The summed E-state index contributed by atoms with van der Waals surface area (Å²) in [5.41, 5.74) is -1.67. The van der Waals surface area contributed by atoms with Crippen molar-refractivity contribution in [2.45, 2.75) is 50.8 Å². The lowest BCUT2D eigenvalue weighted by atomic mass is 9.84. The van der Waals surface area contributed by atoms with E-state index >= 15 is 0 Å². The van der Waals surface area contributed by atoms with E-state index in [0.717, 1.165) is 4.90 Å². The summed E-state index contributed by atoms with van der Waals surface area (Å²) >= 11 is 0. The molecule has 0 aromatic rings. The third-order valence-corrected chi connectivity index (χ3v) is 4.03. The van der Waals surface area contributed by atoms with Crippen molar-refractivity contribution < 1.29 is 29.3 Å². The van der Waals surface area contributed by atoms with Crippen molar-refractivity contribution in [3.8, 4) is 0 Å². The highest BCUT2D eigenvalue weighted by Crippen LogP contribution is 2.40. The summed E-state index contributed by atoms with van der Waals surface area (Å²) in [7, 11) is 0. The number of carboxylic acid groups (broad SMARTS) is 1. The third-order valence-electron chi connectivity index (χ3n) is 4.03. The summed E-state index contributed by atoms with van der Waals surface area (Å²) in [5, 5.41) is 18.2. The first kappa shape index (κ1) is 16.5. The van der Waals surface area contributed by atoms with Crippen LogP contribution in [0.25, 0.3) is 0 Å². The smallest absolute Gasteiger partial charge is 0.411 e. The zero-order valence-corrected chi connectivity index (χ0v) is 13.0. The molecule has 22 heavy (non-hydrogen) atoms. The molecule has 8 heteroatoms. The fraction of sp³-hybridized carbons (Fsp3) is 0.786. The van der Waals surface area contributed by atoms with E-state index in [2.05, 4.69) is 0 Å². The first-order chi connectivity index (χ1) is 10.1. The molecule has 0 aliphatic carbocycles. The number of carboxylic acids is 1. The van der Waals surface area contributed by atoms with Crippen molar-refractivity contribution in [2.24, 2.45) is 0 Å². The van der Waals surface area contributed by atoms with Gasteiger partial charge in [-0.25, -0.2) is 9.59 Å². The Bertz CT molecular complexity index is 500. The van der Waals surface area contributed by atoms with Crippen LogP contribution in [0.5, 0.6) is 0 Å². The van der Waals surface area contributed by atoms with Gasteiger partial charge in [-0.2, -0.15) is 0 Å². The van der Waals surface area contributed by atoms with Crippen molar-refractivity contribution in [3.05, 3.63) is 0 Å². The summed E-state index contributed by atoms with van der Waals surface area (Å²) in [6.07, 6.45) is 0.587. The number of hydrogen-bond acceptors (Lipinski definition) is 5. The van der Waals surface area contributed by atoms with E-state index in [1.54, 1.807) is 20.8 Å². The van der Waals surface area contributed by atoms with Gasteiger partial charge < -0.3 is 19.8 Å². The monoisotopic (exact) mass is 314 g/mol. The van der Waals surface area contributed by atoms with Crippen molar-refractivity contribution in [1.82, 2.24) is 9.80 Å². The number of carbonyl (C=O) groups is 3. The van der Waals surface area contributed by atoms with E-state index in [1.165, 1.54) is 4.90 Å². The summed E-state index contributed by atoms with van der Waals surface area (Å²) < 4.78 is 5.32. The predicted octanol–water partition coefficient (Wildman–Crippen LogP) is 0.0438. The average molecular weight is 314 g/mol. The van der Waals surface area contributed by atoms with E-state index in [0.29, 0.717) is 19.4 Å². The lowest BCUT2D eigenvalue weighted by molar-refractivity contribution is -0.173. The summed E-state index contributed by atoms with van der Waals surface area (Å²) in [6.45, 7) is 5.11. The second-order valence-electron chi connectivity index (χ2n) is 6.74. The number of hydrogen-bond donors (Lipinski definition) is 2. The van der Waals surface area contributed by atoms with Gasteiger partial charge in [-0.1, -0.05) is 0 Å². The number of rotatable bonds is 3. The number of amides is 2. The molecule has 0 aromatic heterocycles. The number of aliphatic carboxylic acids is 1. The number of aliphatic hydroxyl groups excluding tert-OH is 1. The Kier molecular flexibility index (Phi) is 4.08. The van der Waals surface area contributed by atoms with E-state index < -0.39 is 41.8 Å². The minimum Gasteiger partial charge on any atom is -0.480 e. The van der Waals surface area contributed by atoms with Crippen LogP contribution in [0.4, 0.5) is 4.79 Å². The summed E-state index contributed by atoms with van der Waals surface area (Å²) in [5.74, 6) is -1.69. The Morgan fingerprint density at radius 1 is 1.41 bits per heavy atom. The Labute approximate surface area is 128 Å². The van der Waals surface area contributed by atoms with Gasteiger partial charge in [0.05, 0.1) is 13.2 Å². The van der Waals surface area contributed by atoms with Gasteiger partial charge in [-0.15, -0.1) is 0 Å². The van der Waals surface area contributed by atoms with Gasteiger partial charge in [0.25, 0.3) is 5.91 Å². The lowest BCUT2D eigenvalue weighted by Gasteiger charge is -2.52. The zero-order valence-electron chi connectivity index (χ0n) is 13.0. The van der Waals surface area contributed by atoms with Crippen molar-refractivity contribution >= 4 is 18.0 Å². The molecular formula is C14H22N2O6. The lowest BCUT2D eigenvalue weighted by Crippen LogP contribution is -2.76. The second-order valence-corrected chi connectivity index (χ2v) is 6.74. The van der Waals surface area contributed by atoms with Crippen LogP contribution in [0.1, 0.15) is 33.6 Å². The normalized spacial score (nSPS) is 26.1. The van der Waals surface area contributed by atoms with E-state index in [1.807, 2.05) is 0 Å². The molecule has 8 nitrogen and oxygen atoms in total. The number of likely N-dealkylation sites (tertiary alicyclic amines) is 2. The minimum atomic E-state index is -1.26. The largest absolute Gasteiger partial charge is 0.480 e. The van der Waals surface area contributed by atoms with Crippen molar-refractivity contribution in [3.63, 3.8) is 0 Å². The Balaban J connectivity index is 2.13. The quantitative estimate of drug-likeness (QED) is 0.712. The van der Waals surface area contributed by atoms with Crippen LogP contribution in [0.3, 0.4) is 0 Å². The van der Waals surface area contributed by atoms with E-state index in [-0.39, 0.29) is 6.54 Å². The van der Waals surface area contributed by atoms with E-state index in [4.69, 9.17) is 14.9 Å². The van der Waals surface area contributed by atoms with Crippen LogP contribution in [0.15, 0.2) is 0 Å². The first-order valence-corrected chi connectivity index (χ1v) is 7.28. The first-order valence-electron chi connectivity index (χ1n) is 7.28. The molecule has 2 aliphatic rings. The maximum atomic E-state index is 12.5. The van der Waals surface area contributed by atoms with Gasteiger partial charge in [-0.05, 0) is 33.6 Å². The Morgan fingerprint density at radius 3 is 2.50 bits per heavy atom. The van der Waals surface area contributed by atoms with Crippen LogP contribution in [0.2, 0.25) is 0 Å². The molecule has 1 spiro atoms. The molecule has 0 saturated carbocycles. The van der Waals surface area contributed by atoms with Gasteiger partial charge >= 0.3 is 12.1 Å². The molecule has 2 atom stereocenters. The van der Waals surface area contributed by atoms with Gasteiger partial charge in [0.15, 0.2) is 6.04 Å². The molecule has 0 radical (unpaired) electrons. The molecule has 2 saturated heterocycles. The van der Waals surface area contributed by atoms with Gasteiger partial charge in [-0.3, -0.25) is 9.69 Å². The highest BCUT2D eigenvalue weighted by Gasteiger charge is 2.62. The number of β-lactam (4-membered cyclic amide) rings is 1. The maximum Gasteiger partial charge on any atom is 0.411 e. The van der Waals surface area contributed by atoms with Crippen LogP contribution in [-0.4, -0.2) is 74.9 Å². The molecule has 124 valence electrons. The second kappa shape index (κ2) is 5.42. The minimum absolute atomic E-state index is 0.114. The fourth-order valence-corrected chi connectivity index (χ4v) is 3.01. The van der Waals surface area contributed by atoms with Crippen molar-refractivity contribution in [2.75, 3.05) is 19.7 Å². The highest BCUT2D eigenvalue weighted by molar-refractivity contribution is 5.98. The molecule has 2 fully saturated rings. The summed E-state index contributed by atoms with van der Waals surface area (Å²) in [4.78, 5) is 38.3. The highest BCUT2D eigenvalue weighted by atomic mass is 16.6. The van der Waals surface area contributed by atoms with Crippen LogP contribution in [0, 0.1) is 0 Å². The van der Waals surface area contributed by atoms with Gasteiger partial charge in [0, 0.05) is 6.54 Å². The van der Waals surface area contributed by atoms with Gasteiger partial charge in [0.2, 0.25) is 0 Å². The molecule has 1 unspecified atom stereocenters. The third kappa shape index (κ3) is 2.63. The number of ether oxygens (including phenoxy) is 1. The molecule has 2 rings (SSSR count). The van der Waals surface area contributed by atoms with Gasteiger partial charge in [0.1, 0.15) is 11.1 Å². The predicted molar refractivity (Wildman–Crippen MR) is 75.1 cm³/mol. The molecule has 2 amide bonds. The Morgan fingerprint density at radius 2 is 2.05 bits per heavy atom. The molecule has 2 aliphatic heterocycles. The van der Waals surface area contributed by atoms with Crippen molar-refractivity contribution in [1.29, 1.82) is 0 Å². The topological polar surface area (TPSA) is 107 Å². The van der Waals surface area contributed by atoms with Crippen LogP contribution < -0.4 is 0 Å². The molecule has 2 heterocycles. The fourth-order valence-electron chi connectivity index (χ4n) is 3.01. The molecule has 0 aromatic carbocycles. The van der Waals surface area contributed by atoms with E-state index in [9.17, 15) is 14.4 Å².